The Morgan fingerprint density at radius 3 is 2.42 bits per heavy atom. The molecule has 0 aromatic heterocycles. The largest absolute Gasteiger partial charge is 0.354 e. The Balaban J connectivity index is 2.14. The molecule has 1 unspecified atom stereocenters. The zero-order valence-corrected chi connectivity index (χ0v) is 19.1. The van der Waals surface area contributed by atoms with Crippen LogP contribution in [0.25, 0.3) is 0 Å². The number of carbonyl (C=O) groups excluding carboxylic acids is 2. The summed E-state index contributed by atoms with van der Waals surface area (Å²) in [6.07, 6.45) is 0.875. The lowest BCUT2D eigenvalue weighted by Gasteiger charge is -2.20. The fourth-order valence-electron chi connectivity index (χ4n) is 2.62. The summed E-state index contributed by atoms with van der Waals surface area (Å²) in [5.41, 5.74) is 0.229. The molecule has 0 bridgehead atoms. The number of rotatable bonds is 9. The molecule has 0 heterocycles. The van der Waals surface area contributed by atoms with Crippen LogP contribution in [-0.2, 0) is 14.8 Å². The first-order chi connectivity index (χ1) is 14.6. The molecule has 0 saturated carbocycles. The van der Waals surface area contributed by atoms with E-state index in [9.17, 15) is 22.4 Å². The first kappa shape index (κ1) is 24.6. The van der Waals surface area contributed by atoms with Gasteiger partial charge in [0.25, 0.3) is 15.9 Å². The standard InChI is InChI=1S/C21H25ClFN3O4S/c1-4-14(2)25-20(27)11-12-24-21(28)18-13-17(9-10-19(18)22)31(29,30)26(3)16-7-5-15(23)6-8-16/h5-10,13-14H,4,11-12H2,1-3H3,(H,24,28)(H,25,27). The number of benzene rings is 2. The van der Waals surface area contributed by atoms with Gasteiger partial charge in [0.1, 0.15) is 5.82 Å². The minimum Gasteiger partial charge on any atom is -0.354 e. The van der Waals surface area contributed by atoms with Crippen molar-refractivity contribution in [2.75, 3.05) is 17.9 Å². The van der Waals surface area contributed by atoms with Crippen LogP contribution in [0.3, 0.4) is 0 Å². The molecule has 1 atom stereocenters. The zero-order valence-electron chi connectivity index (χ0n) is 17.5. The second-order valence-corrected chi connectivity index (χ2v) is 9.35. The highest BCUT2D eigenvalue weighted by molar-refractivity contribution is 7.92. The first-order valence-electron chi connectivity index (χ1n) is 9.67. The first-order valence-corrected chi connectivity index (χ1v) is 11.5. The summed E-state index contributed by atoms with van der Waals surface area (Å²) in [6, 6.07) is 8.79. The molecular formula is C21H25ClFN3O4S. The Bertz CT molecular complexity index is 1050. The van der Waals surface area contributed by atoms with Gasteiger partial charge in [0, 0.05) is 26.1 Å². The maximum atomic E-state index is 13.1. The van der Waals surface area contributed by atoms with E-state index in [1.54, 1.807) is 0 Å². The molecule has 2 N–H and O–H groups in total. The van der Waals surface area contributed by atoms with Crippen LogP contribution in [0.2, 0.25) is 5.02 Å². The maximum Gasteiger partial charge on any atom is 0.264 e. The van der Waals surface area contributed by atoms with Crippen LogP contribution in [0, 0.1) is 5.82 Å². The number of nitrogens with one attached hydrogen (secondary N) is 2. The minimum atomic E-state index is -4.02. The topological polar surface area (TPSA) is 95.6 Å². The molecule has 2 rings (SSSR count). The highest BCUT2D eigenvalue weighted by Gasteiger charge is 2.24. The fourth-order valence-corrected chi connectivity index (χ4v) is 4.05. The van der Waals surface area contributed by atoms with Gasteiger partial charge in [0.05, 0.1) is 21.2 Å². The average Bonchev–Trinajstić information content (AvgIpc) is 2.73. The lowest BCUT2D eigenvalue weighted by molar-refractivity contribution is -0.121. The predicted octanol–water partition coefficient (Wildman–Crippen LogP) is 3.34. The molecule has 168 valence electrons. The molecule has 0 fully saturated rings. The van der Waals surface area contributed by atoms with Crippen LogP contribution >= 0.6 is 11.6 Å². The Hall–Kier alpha value is -2.65. The van der Waals surface area contributed by atoms with Crippen molar-refractivity contribution >= 4 is 39.1 Å². The molecule has 0 radical (unpaired) electrons. The molecule has 0 aliphatic heterocycles. The van der Waals surface area contributed by atoms with Crippen molar-refractivity contribution < 1.29 is 22.4 Å². The smallest absolute Gasteiger partial charge is 0.264 e. The summed E-state index contributed by atoms with van der Waals surface area (Å²) in [5, 5.41) is 5.44. The number of hydrogen-bond acceptors (Lipinski definition) is 4. The second kappa shape index (κ2) is 10.6. The number of hydrogen-bond donors (Lipinski definition) is 2. The van der Waals surface area contributed by atoms with Crippen molar-refractivity contribution in [3.8, 4) is 0 Å². The van der Waals surface area contributed by atoms with Crippen molar-refractivity contribution in [1.82, 2.24) is 10.6 Å². The molecule has 7 nitrogen and oxygen atoms in total. The Kier molecular flexibility index (Phi) is 8.41. The maximum absolute atomic E-state index is 13.1. The van der Waals surface area contributed by atoms with Gasteiger partial charge >= 0.3 is 0 Å². The average molecular weight is 470 g/mol. The SMILES string of the molecule is CCC(C)NC(=O)CCNC(=O)c1cc(S(=O)(=O)N(C)c2ccc(F)cc2)ccc1Cl. The van der Waals surface area contributed by atoms with E-state index < -0.39 is 21.7 Å². The van der Waals surface area contributed by atoms with Crippen LogP contribution < -0.4 is 14.9 Å². The van der Waals surface area contributed by atoms with Gasteiger partial charge in [-0.1, -0.05) is 18.5 Å². The van der Waals surface area contributed by atoms with Gasteiger partial charge in [0.15, 0.2) is 0 Å². The quantitative estimate of drug-likeness (QED) is 0.588. The molecule has 0 spiro atoms. The van der Waals surface area contributed by atoms with Crippen molar-refractivity contribution in [2.45, 2.75) is 37.6 Å². The van der Waals surface area contributed by atoms with Gasteiger partial charge in [-0.15, -0.1) is 0 Å². The monoisotopic (exact) mass is 469 g/mol. The highest BCUT2D eigenvalue weighted by atomic mass is 35.5. The van der Waals surface area contributed by atoms with E-state index in [4.69, 9.17) is 11.6 Å². The fraction of sp³-hybridized carbons (Fsp3) is 0.333. The summed E-state index contributed by atoms with van der Waals surface area (Å²) in [5.74, 6) is -1.28. The van der Waals surface area contributed by atoms with E-state index >= 15 is 0 Å². The lowest BCUT2D eigenvalue weighted by atomic mass is 10.2. The number of halogens is 2. The number of carbonyl (C=O) groups is 2. The molecule has 0 saturated heterocycles. The lowest BCUT2D eigenvalue weighted by Crippen LogP contribution is -2.35. The van der Waals surface area contributed by atoms with E-state index in [1.165, 1.54) is 37.4 Å². The zero-order chi connectivity index (χ0) is 23.2. The number of sulfonamides is 1. The number of amides is 2. The third kappa shape index (κ3) is 6.41. The Morgan fingerprint density at radius 2 is 1.81 bits per heavy atom. The molecule has 0 aliphatic rings. The number of anilines is 1. The molecule has 2 aromatic rings. The van der Waals surface area contributed by atoms with Crippen LogP contribution in [0.15, 0.2) is 47.4 Å². The summed E-state index contributed by atoms with van der Waals surface area (Å²) in [7, 11) is -2.69. The van der Waals surface area contributed by atoms with E-state index in [-0.39, 0.29) is 46.1 Å². The van der Waals surface area contributed by atoms with Gasteiger partial charge in [-0.2, -0.15) is 0 Å². The van der Waals surface area contributed by atoms with E-state index in [1.807, 2.05) is 13.8 Å². The van der Waals surface area contributed by atoms with Crippen LogP contribution in [0.5, 0.6) is 0 Å². The predicted molar refractivity (Wildman–Crippen MR) is 118 cm³/mol. The van der Waals surface area contributed by atoms with Crippen molar-refractivity contribution in [3.63, 3.8) is 0 Å². The minimum absolute atomic E-state index is 0.0300. The van der Waals surface area contributed by atoms with E-state index in [0.717, 1.165) is 22.9 Å². The van der Waals surface area contributed by atoms with Crippen molar-refractivity contribution in [1.29, 1.82) is 0 Å². The van der Waals surface area contributed by atoms with Gasteiger partial charge < -0.3 is 10.6 Å². The molecule has 0 aliphatic carbocycles. The van der Waals surface area contributed by atoms with Gasteiger partial charge in [-0.05, 0) is 55.8 Å². The third-order valence-corrected chi connectivity index (χ3v) is 6.80. The number of nitrogens with zero attached hydrogens (tertiary/aromatic N) is 1. The van der Waals surface area contributed by atoms with Gasteiger partial charge in [0.2, 0.25) is 5.91 Å². The van der Waals surface area contributed by atoms with Gasteiger partial charge in [-0.25, -0.2) is 12.8 Å². The summed E-state index contributed by atoms with van der Waals surface area (Å²) in [4.78, 5) is 24.2. The molecular weight excluding hydrogens is 445 g/mol. The van der Waals surface area contributed by atoms with E-state index in [0.29, 0.717) is 0 Å². The molecule has 2 aromatic carbocycles. The van der Waals surface area contributed by atoms with Crippen LogP contribution in [0.4, 0.5) is 10.1 Å². The summed E-state index contributed by atoms with van der Waals surface area (Å²) in [6.45, 7) is 3.90. The van der Waals surface area contributed by atoms with E-state index in [2.05, 4.69) is 10.6 Å². The van der Waals surface area contributed by atoms with Crippen LogP contribution in [-0.4, -0.2) is 39.9 Å². The van der Waals surface area contributed by atoms with Crippen molar-refractivity contribution in [3.05, 3.63) is 58.9 Å². The Labute approximate surface area is 186 Å². The summed E-state index contributed by atoms with van der Waals surface area (Å²) < 4.78 is 40.0. The molecule has 2 amide bonds. The third-order valence-electron chi connectivity index (χ3n) is 4.69. The van der Waals surface area contributed by atoms with Crippen molar-refractivity contribution in [2.24, 2.45) is 0 Å². The second-order valence-electron chi connectivity index (χ2n) is 6.97. The normalized spacial score (nSPS) is 12.2. The molecule has 10 heteroatoms. The highest BCUT2D eigenvalue weighted by Crippen LogP contribution is 2.26. The Morgan fingerprint density at radius 1 is 1.16 bits per heavy atom. The van der Waals surface area contributed by atoms with Gasteiger partial charge in [-0.3, -0.25) is 13.9 Å². The molecule has 31 heavy (non-hydrogen) atoms. The summed E-state index contributed by atoms with van der Waals surface area (Å²) >= 11 is 6.09. The van der Waals surface area contributed by atoms with Crippen LogP contribution in [0.1, 0.15) is 37.0 Å².